The van der Waals surface area contributed by atoms with E-state index in [1.807, 2.05) is 0 Å². The van der Waals surface area contributed by atoms with Crippen LogP contribution in [-0.4, -0.2) is 24.7 Å². The molecule has 126 valence electrons. The fourth-order valence-electron chi connectivity index (χ4n) is 1.73. The first kappa shape index (κ1) is 18.3. The molecule has 0 heterocycles. The molecule has 2 aromatic rings. The van der Waals surface area contributed by atoms with Crippen molar-refractivity contribution < 1.29 is 14.3 Å². The zero-order valence-corrected chi connectivity index (χ0v) is 15.0. The van der Waals surface area contributed by atoms with Crippen LogP contribution in [0.5, 0.6) is 11.5 Å². The number of nitrogens with one attached hydrogen (secondary N) is 2. The summed E-state index contributed by atoms with van der Waals surface area (Å²) in [6.45, 7) is -0.230. The number of thiocarbonyl (C=S) groups is 1. The highest BCUT2D eigenvalue weighted by Gasteiger charge is 2.08. The minimum absolute atomic E-state index is 0.163. The lowest BCUT2D eigenvalue weighted by molar-refractivity contribution is -0.121. The third-order valence-electron chi connectivity index (χ3n) is 2.85. The van der Waals surface area contributed by atoms with Gasteiger partial charge in [-0.3, -0.25) is 10.1 Å². The second kappa shape index (κ2) is 8.73. The molecule has 0 aromatic heterocycles. The van der Waals surface area contributed by atoms with Crippen molar-refractivity contribution in [1.82, 2.24) is 5.32 Å². The quantitative estimate of drug-likeness (QED) is 0.765. The van der Waals surface area contributed by atoms with Crippen molar-refractivity contribution in [2.24, 2.45) is 0 Å². The molecule has 0 saturated heterocycles. The van der Waals surface area contributed by atoms with Crippen LogP contribution < -0.4 is 20.1 Å². The molecule has 24 heavy (non-hydrogen) atoms. The van der Waals surface area contributed by atoms with E-state index in [4.69, 9.17) is 44.9 Å². The minimum Gasteiger partial charge on any atom is -0.497 e. The van der Waals surface area contributed by atoms with Crippen LogP contribution >= 0.6 is 35.4 Å². The summed E-state index contributed by atoms with van der Waals surface area (Å²) in [4.78, 5) is 11.8. The molecule has 0 aliphatic rings. The zero-order valence-electron chi connectivity index (χ0n) is 12.6. The van der Waals surface area contributed by atoms with Gasteiger partial charge in [-0.15, -0.1) is 0 Å². The summed E-state index contributed by atoms with van der Waals surface area (Å²) in [5.74, 6) is 0.682. The Morgan fingerprint density at radius 2 is 1.88 bits per heavy atom. The molecule has 0 atom stereocenters. The van der Waals surface area contributed by atoms with Gasteiger partial charge in [0.1, 0.15) is 11.5 Å². The monoisotopic (exact) mass is 384 g/mol. The summed E-state index contributed by atoms with van der Waals surface area (Å²) in [5, 5.41) is 6.38. The second-order valence-electron chi connectivity index (χ2n) is 4.59. The normalized spacial score (nSPS) is 9.96. The highest BCUT2D eigenvalue weighted by Crippen LogP contribution is 2.27. The maximum Gasteiger partial charge on any atom is 0.264 e. The molecule has 0 unspecified atom stereocenters. The number of benzene rings is 2. The Hall–Kier alpha value is -2.02. The lowest BCUT2D eigenvalue weighted by Gasteiger charge is -2.11. The average molecular weight is 385 g/mol. The molecule has 0 aliphatic heterocycles. The highest BCUT2D eigenvalue weighted by molar-refractivity contribution is 7.80. The van der Waals surface area contributed by atoms with Crippen molar-refractivity contribution in [1.29, 1.82) is 0 Å². The van der Waals surface area contributed by atoms with Gasteiger partial charge in [0.05, 0.1) is 12.1 Å². The van der Waals surface area contributed by atoms with Crippen molar-refractivity contribution in [3.05, 3.63) is 52.5 Å². The smallest absolute Gasteiger partial charge is 0.264 e. The van der Waals surface area contributed by atoms with Crippen molar-refractivity contribution in [2.75, 3.05) is 19.0 Å². The Kier molecular flexibility index (Phi) is 6.66. The zero-order chi connectivity index (χ0) is 17.5. The number of methoxy groups -OCH3 is 1. The van der Waals surface area contributed by atoms with Crippen LogP contribution in [0.3, 0.4) is 0 Å². The number of anilines is 1. The molecule has 0 aliphatic carbocycles. The summed E-state index contributed by atoms with van der Waals surface area (Å²) in [7, 11) is 1.58. The molecule has 2 rings (SSSR count). The van der Waals surface area contributed by atoms with E-state index in [2.05, 4.69) is 10.6 Å². The number of hydrogen-bond acceptors (Lipinski definition) is 4. The Labute approximate surface area is 154 Å². The van der Waals surface area contributed by atoms with Crippen LogP contribution in [0, 0.1) is 0 Å². The second-order valence-corrected chi connectivity index (χ2v) is 5.85. The molecule has 8 heteroatoms. The number of carbonyl (C=O) groups is 1. The van der Waals surface area contributed by atoms with Crippen molar-refractivity contribution in [3.63, 3.8) is 0 Å². The lowest BCUT2D eigenvalue weighted by atomic mass is 10.3. The predicted octanol–water partition coefficient (Wildman–Crippen LogP) is 3.89. The first-order valence-electron chi connectivity index (χ1n) is 6.80. The van der Waals surface area contributed by atoms with E-state index < -0.39 is 5.91 Å². The standard InChI is InChI=1S/C16H14Cl2N2O3S/c1-22-12-5-3-11(4-6-12)19-16(24)20-15(21)9-23-14-7-2-10(17)8-13(14)18/h2-8H,9H2,1H3,(H2,19,20,21,24). The van der Waals surface area contributed by atoms with E-state index >= 15 is 0 Å². The minimum atomic E-state index is -0.410. The average Bonchev–Trinajstić information content (AvgIpc) is 2.54. The molecular formula is C16H14Cl2N2O3S. The number of hydrogen-bond donors (Lipinski definition) is 2. The molecule has 5 nitrogen and oxygen atoms in total. The largest absolute Gasteiger partial charge is 0.497 e. The Morgan fingerprint density at radius 1 is 1.17 bits per heavy atom. The Morgan fingerprint density at radius 3 is 2.50 bits per heavy atom. The van der Waals surface area contributed by atoms with E-state index in [9.17, 15) is 4.79 Å². The Bertz CT molecular complexity index is 739. The van der Waals surface area contributed by atoms with Gasteiger partial charge >= 0.3 is 0 Å². The third-order valence-corrected chi connectivity index (χ3v) is 3.59. The molecule has 0 fully saturated rings. The molecule has 2 aromatic carbocycles. The van der Waals surface area contributed by atoms with E-state index in [-0.39, 0.29) is 11.7 Å². The van der Waals surface area contributed by atoms with Crippen LogP contribution in [0.1, 0.15) is 0 Å². The SMILES string of the molecule is COc1ccc(NC(=S)NC(=O)COc2ccc(Cl)cc2Cl)cc1. The first-order valence-corrected chi connectivity index (χ1v) is 7.97. The summed E-state index contributed by atoms with van der Waals surface area (Å²) in [6.07, 6.45) is 0. The van der Waals surface area contributed by atoms with Gasteiger partial charge in [-0.25, -0.2) is 0 Å². The summed E-state index contributed by atoms with van der Waals surface area (Å²) < 4.78 is 10.4. The third kappa shape index (κ3) is 5.56. The molecule has 0 bridgehead atoms. The van der Waals surface area contributed by atoms with Gasteiger partial charge in [0, 0.05) is 10.7 Å². The molecule has 0 radical (unpaired) electrons. The van der Waals surface area contributed by atoms with Crippen LogP contribution in [0.25, 0.3) is 0 Å². The van der Waals surface area contributed by atoms with Crippen LogP contribution in [0.15, 0.2) is 42.5 Å². The van der Waals surface area contributed by atoms with Gasteiger partial charge < -0.3 is 14.8 Å². The fourth-order valence-corrected chi connectivity index (χ4v) is 2.43. The summed E-state index contributed by atoms with van der Waals surface area (Å²) in [6, 6.07) is 11.9. The highest BCUT2D eigenvalue weighted by atomic mass is 35.5. The summed E-state index contributed by atoms with van der Waals surface area (Å²) in [5.41, 5.74) is 0.725. The van der Waals surface area contributed by atoms with E-state index in [0.29, 0.717) is 15.8 Å². The van der Waals surface area contributed by atoms with Gasteiger partial charge in [-0.05, 0) is 54.7 Å². The van der Waals surface area contributed by atoms with Crippen LogP contribution in [-0.2, 0) is 4.79 Å². The van der Waals surface area contributed by atoms with Crippen molar-refractivity contribution in [2.45, 2.75) is 0 Å². The topological polar surface area (TPSA) is 59.6 Å². The van der Waals surface area contributed by atoms with Gasteiger partial charge in [0.15, 0.2) is 11.7 Å². The van der Waals surface area contributed by atoms with Gasteiger partial charge in [0.2, 0.25) is 0 Å². The fraction of sp³-hybridized carbons (Fsp3) is 0.125. The Balaban J connectivity index is 1.81. The molecular weight excluding hydrogens is 371 g/mol. The first-order chi connectivity index (χ1) is 11.5. The molecule has 1 amide bonds. The van der Waals surface area contributed by atoms with E-state index in [0.717, 1.165) is 11.4 Å². The molecule has 0 spiro atoms. The maximum absolute atomic E-state index is 11.8. The van der Waals surface area contributed by atoms with Gasteiger partial charge in [-0.1, -0.05) is 23.2 Å². The summed E-state index contributed by atoms with van der Waals surface area (Å²) >= 11 is 16.8. The number of ether oxygens (including phenoxy) is 2. The maximum atomic E-state index is 11.8. The number of carbonyl (C=O) groups excluding carboxylic acids is 1. The van der Waals surface area contributed by atoms with E-state index in [1.54, 1.807) is 43.5 Å². The van der Waals surface area contributed by atoms with E-state index in [1.165, 1.54) is 6.07 Å². The van der Waals surface area contributed by atoms with Gasteiger partial charge in [-0.2, -0.15) is 0 Å². The lowest BCUT2D eigenvalue weighted by Crippen LogP contribution is -2.37. The number of amides is 1. The predicted molar refractivity (Wildman–Crippen MR) is 99.3 cm³/mol. The molecule has 2 N–H and O–H groups in total. The molecule has 0 saturated carbocycles. The van der Waals surface area contributed by atoms with Crippen molar-refractivity contribution in [3.8, 4) is 11.5 Å². The van der Waals surface area contributed by atoms with Crippen molar-refractivity contribution >= 4 is 52.1 Å². The van der Waals surface area contributed by atoms with Gasteiger partial charge in [0.25, 0.3) is 5.91 Å². The van der Waals surface area contributed by atoms with Crippen LogP contribution in [0.4, 0.5) is 5.69 Å². The number of rotatable bonds is 5. The number of halogens is 2. The van der Waals surface area contributed by atoms with Crippen LogP contribution in [0.2, 0.25) is 10.0 Å².